The first kappa shape index (κ1) is 17.9. The molecule has 1 aromatic carbocycles. The van der Waals surface area contributed by atoms with Crippen LogP contribution >= 0.6 is 0 Å². The third-order valence-corrected chi connectivity index (χ3v) is 4.33. The van der Waals surface area contributed by atoms with Gasteiger partial charge in [0.25, 0.3) is 0 Å². The monoisotopic (exact) mass is 353 g/mol. The Bertz CT molecular complexity index is 871. The molecule has 0 fully saturated rings. The molecule has 0 aliphatic heterocycles. The third kappa shape index (κ3) is 3.85. The third-order valence-electron chi connectivity index (χ3n) is 4.33. The molecule has 26 heavy (non-hydrogen) atoms. The summed E-state index contributed by atoms with van der Waals surface area (Å²) >= 11 is 0. The summed E-state index contributed by atoms with van der Waals surface area (Å²) in [6.45, 7) is 6.25. The van der Waals surface area contributed by atoms with Crippen molar-refractivity contribution in [1.29, 1.82) is 0 Å². The minimum absolute atomic E-state index is 0.131. The first-order valence-corrected chi connectivity index (χ1v) is 8.69. The van der Waals surface area contributed by atoms with Gasteiger partial charge in [-0.1, -0.05) is 20.8 Å². The van der Waals surface area contributed by atoms with Crippen LogP contribution in [-0.4, -0.2) is 26.6 Å². The number of carbonyl (C=O) groups is 2. The van der Waals surface area contributed by atoms with Crippen molar-refractivity contribution in [2.75, 3.05) is 5.32 Å². The highest BCUT2D eigenvalue weighted by Crippen LogP contribution is 2.28. The van der Waals surface area contributed by atoms with Crippen LogP contribution in [0.4, 0.5) is 5.82 Å². The molecule has 2 N–H and O–H groups in total. The Morgan fingerprint density at radius 1 is 1.19 bits per heavy atom. The molecule has 2 aromatic rings. The van der Waals surface area contributed by atoms with E-state index in [1.54, 1.807) is 35.0 Å². The molecule has 3 rings (SSSR count). The van der Waals surface area contributed by atoms with Crippen LogP contribution in [0.2, 0.25) is 0 Å². The van der Waals surface area contributed by atoms with Crippen LogP contribution in [-0.2, 0) is 10.2 Å². The summed E-state index contributed by atoms with van der Waals surface area (Å²) in [5.74, 6) is -0.0674. The maximum Gasteiger partial charge on any atom is 0.335 e. The van der Waals surface area contributed by atoms with Crippen molar-refractivity contribution < 1.29 is 14.7 Å². The molecular formula is C20H23N3O3. The van der Waals surface area contributed by atoms with Gasteiger partial charge in [0.2, 0.25) is 0 Å². The lowest BCUT2D eigenvalue weighted by Crippen LogP contribution is -2.13. The van der Waals surface area contributed by atoms with Crippen molar-refractivity contribution in [2.45, 2.75) is 45.4 Å². The Kier molecular flexibility index (Phi) is 4.68. The molecule has 1 heterocycles. The zero-order valence-corrected chi connectivity index (χ0v) is 15.2. The number of rotatable bonds is 4. The van der Waals surface area contributed by atoms with Crippen molar-refractivity contribution in [3.8, 4) is 5.69 Å². The van der Waals surface area contributed by atoms with Crippen LogP contribution in [0, 0.1) is 0 Å². The van der Waals surface area contributed by atoms with Gasteiger partial charge >= 0.3 is 5.97 Å². The van der Waals surface area contributed by atoms with Gasteiger partial charge in [0, 0.05) is 29.7 Å². The number of benzene rings is 1. The van der Waals surface area contributed by atoms with Gasteiger partial charge in [-0.25, -0.2) is 9.48 Å². The van der Waals surface area contributed by atoms with Crippen LogP contribution in [0.5, 0.6) is 0 Å². The van der Waals surface area contributed by atoms with Gasteiger partial charge in [-0.15, -0.1) is 0 Å². The second-order valence-electron chi connectivity index (χ2n) is 7.54. The molecule has 0 bridgehead atoms. The predicted octanol–water partition coefficient (Wildman–Crippen LogP) is 3.92. The highest BCUT2D eigenvalue weighted by atomic mass is 16.4. The summed E-state index contributed by atoms with van der Waals surface area (Å²) in [5, 5.41) is 17.1. The molecule has 0 saturated heterocycles. The maximum atomic E-state index is 11.7. The summed E-state index contributed by atoms with van der Waals surface area (Å²) in [6.07, 6.45) is 3.91. The zero-order chi connectivity index (χ0) is 18.9. The van der Waals surface area contributed by atoms with Crippen LogP contribution < -0.4 is 5.32 Å². The summed E-state index contributed by atoms with van der Waals surface area (Å²) in [4.78, 5) is 22.8. The quantitative estimate of drug-likeness (QED) is 0.870. The van der Waals surface area contributed by atoms with Crippen LogP contribution in [0.1, 0.15) is 56.1 Å². The van der Waals surface area contributed by atoms with Gasteiger partial charge in [-0.05, 0) is 37.1 Å². The van der Waals surface area contributed by atoms with Crippen LogP contribution in [0.3, 0.4) is 0 Å². The maximum absolute atomic E-state index is 11.7. The van der Waals surface area contributed by atoms with E-state index in [-0.39, 0.29) is 16.8 Å². The Balaban J connectivity index is 2.01. The lowest BCUT2D eigenvalue weighted by Gasteiger charge is -2.15. The number of hydrogen-bond acceptors (Lipinski definition) is 4. The number of aromatic carboxylic acids is 1. The fraction of sp³-hybridized carbons (Fsp3) is 0.350. The van der Waals surface area contributed by atoms with Crippen molar-refractivity contribution in [3.63, 3.8) is 0 Å². The minimum Gasteiger partial charge on any atom is -0.478 e. The summed E-state index contributed by atoms with van der Waals surface area (Å²) in [7, 11) is 0. The number of allylic oxidation sites excluding steroid dienone is 2. The fourth-order valence-electron chi connectivity index (χ4n) is 2.83. The van der Waals surface area contributed by atoms with Crippen molar-refractivity contribution in [1.82, 2.24) is 9.78 Å². The van der Waals surface area contributed by atoms with E-state index in [1.807, 2.05) is 6.07 Å². The van der Waals surface area contributed by atoms with E-state index >= 15 is 0 Å². The van der Waals surface area contributed by atoms with Crippen LogP contribution in [0.15, 0.2) is 42.1 Å². The molecule has 0 radical (unpaired) electrons. The molecule has 0 amide bonds. The molecule has 0 spiro atoms. The van der Waals surface area contributed by atoms with E-state index in [4.69, 9.17) is 10.2 Å². The summed E-state index contributed by atoms with van der Waals surface area (Å²) in [6, 6.07) is 8.56. The Morgan fingerprint density at radius 3 is 2.46 bits per heavy atom. The van der Waals surface area contributed by atoms with Crippen molar-refractivity contribution in [2.24, 2.45) is 0 Å². The molecular weight excluding hydrogens is 330 g/mol. The highest BCUT2D eigenvalue weighted by molar-refractivity contribution is 5.91. The minimum atomic E-state index is -0.961. The van der Waals surface area contributed by atoms with Gasteiger partial charge in [0.05, 0.1) is 16.9 Å². The average Bonchev–Trinajstić information content (AvgIpc) is 2.99. The van der Waals surface area contributed by atoms with Gasteiger partial charge in [0.1, 0.15) is 5.82 Å². The second-order valence-corrected chi connectivity index (χ2v) is 7.54. The van der Waals surface area contributed by atoms with Gasteiger partial charge in [-0.2, -0.15) is 5.10 Å². The SMILES string of the molecule is CC(C)(C)c1cc(NC2=CC(=O)CCC2)n(-c2ccc(C(=O)O)cc2)n1. The number of anilines is 1. The molecule has 1 aromatic heterocycles. The Labute approximate surface area is 152 Å². The van der Waals surface area contributed by atoms with Gasteiger partial charge in [0.15, 0.2) is 5.78 Å². The molecule has 0 unspecified atom stereocenters. The predicted molar refractivity (Wildman–Crippen MR) is 99.8 cm³/mol. The van der Waals surface area contributed by atoms with Crippen molar-refractivity contribution in [3.05, 3.63) is 53.4 Å². The highest BCUT2D eigenvalue weighted by Gasteiger charge is 2.21. The van der Waals surface area contributed by atoms with E-state index in [1.165, 1.54) is 0 Å². The van der Waals surface area contributed by atoms with Gasteiger partial charge < -0.3 is 10.4 Å². The van der Waals surface area contributed by atoms with E-state index in [9.17, 15) is 9.59 Å². The number of carbonyl (C=O) groups excluding carboxylic acids is 1. The average molecular weight is 353 g/mol. The number of carboxylic acids is 1. The number of nitrogens with one attached hydrogen (secondary N) is 1. The Hall–Kier alpha value is -2.89. The topological polar surface area (TPSA) is 84.2 Å². The fourth-order valence-corrected chi connectivity index (χ4v) is 2.83. The van der Waals surface area contributed by atoms with E-state index < -0.39 is 5.97 Å². The molecule has 0 atom stereocenters. The summed E-state index contributed by atoms with van der Waals surface area (Å²) < 4.78 is 1.76. The first-order chi connectivity index (χ1) is 12.2. The molecule has 6 heteroatoms. The number of ketones is 1. The lowest BCUT2D eigenvalue weighted by molar-refractivity contribution is -0.115. The number of nitrogens with zero attached hydrogens (tertiary/aromatic N) is 2. The largest absolute Gasteiger partial charge is 0.478 e. The molecule has 0 saturated carbocycles. The molecule has 6 nitrogen and oxygen atoms in total. The van der Waals surface area contributed by atoms with E-state index in [0.717, 1.165) is 35.7 Å². The first-order valence-electron chi connectivity index (χ1n) is 8.69. The standard InChI is InChI=1S/C20H23N3O3/c1-20(2,3)17-12-18(21-14-5-4-6-16(24)11-14)23(22-17)15-9-7-13(8-10-15)19(25)26/h7-12,21H,4-6H2,1-3H3,(H,25,26). The number of carboxylic acid groups (broad SMARTS) is 1. The number of aromatic nitrogens is 2. The Morgan fingerprint density at radius 2 is 1.88 bits per heavy atom. The molecule has 1 aliphatic rings. The molecule has 136 valence electrons. The summed E-state index contributed by atoms with van der Waals surface area (Å²) in [5.41, 5.74) is 2.64. The normalized spacial score (nSPS) is 14.9. The molecule has 1 aliphatic carbocycles. The lowest BCUT2D eigenvalue weighted by atomic mass is 9.92. The van der Waals surface area contributed by atoms with Crippen molar-refractivity contribution >= 4 is 17.6 Å². The van der Waals surface area contributed by atoms with E-state index in [0.29, 0.717) is 6.42 Å². The zero-order valence-electron chi connectivity index (χ0n) is 15.2. The van der Waals surface area contributed by atoms with E-state index in [2.05, 4.69) is 26.1 Å². The number of hydrogen-bond donors (Lipinski definition) is 2. The van der Waals surface area contributed by atoms with Gasteiger partial charge in [-0.3, -0.25) is 4.79 Å². The smallest absolute Gasteiger partial charge is 0.335 e. The second kappa shape index (κ2) is 6.78. The van der Waals surface area contributed by atoms with Crippen LogP contribution in [0.25, 0.3) is 5.69 Å².